The summed E-state index contributed by atoms with van der Waals surface area (Å²) < 4.78 is 71.1. The van der Waals surface area contributed by atoms with Crippen LogP contribution in [0.3, 0.4) is 0 Å². The highest BCUT2D eigenvalue weighted by molar-refractivity contribution is 7.99. The zero-order valence-electron chi connectivity index (χ0n) is 29.1. The summed E-state index contributed by atoms with van der Waals surface area (Å²) in [6, 6.07) is 4.60. The van der Waals surface area contributed by atoms with Gasteiger partial charge in [0.25, 0.3) is 0 Å². The van der Waals surface area contributed by atoms with Crippen molar-refractivity contribution in [2.75, 3.05) is 64.4 Å². The fourth-order valence-electron chi connectivity index (χ4n) is 8.40. The zero-order valence-corrected chi connectivity index (χ0v) is 30.7. The number of benzene rings is 1. The van der Waals surface area contributed by atoms with Crippen LogP contribution in [0.2, 0.25) is 0 Å². The Bertz CT molecular complexity index is 1580. The lowest BCUT2D eigenvalue weighted by atomic mass is 9.92. The Morgan fingerprint density at radius 3 is 2.35 bits per heavy atom. The van der Waals surface area contributed by atoms with Crippen molar-refractivity contribution in [2.24, 2.45) is 11.8 Å². The Morgan fingerprint density at radius 1 is 0.959 bits per heavy atom. The maximum atomic E-state index is 14.2. The van der Waals surface area contributed by atoms with Crippen LogP contribution in [0.5, 0.6) is 0 Å². The van der Waals surface area contributed by atoms with Gasteiger partial charge in [-0.15, -0.1) is 11.8 Å². The molecule has 0 saturated carbocycles. The number of aromatic nitrogens is 2. The molecule has 1 amide bonds. The number of carbonyl (C=O) groups is 1. The van der Waals surface area contributed by atoms with E-state index >= 15 is 0 Å². The van der Waals surface area contributed by atoms with E-state index in [9.17, 15) is 26.4 Å². The van der Waals surface area contributed by atoms with Gasteiger partial charge in [0.2, 0.25) is 15.9 Å². The van der Waals surface area contributed by atoms with Crippen molar-refractivity contribution in [3.8, 4) is 11.3 Å². The predicted octanol–water partition coefficient (Wildman–Crippen LogP) is 5.43. The van der Waals surface area contributed by atoms with Crippen molar-refractivity contribution in [1.82, 2.24) is 28.8 Å². The average molecular weight is 725 g/mol. The second kappa shape index (κ2) is 15.2. The molecule has 1 aromatic carbocycles. The molecule has 0 N–H and O–H groups in total. The van der Waals surface area contributed by atoms with Crippen molar-refractivity contribution in [3.63, 3.8) is 0 Å². The number of hydrogen-bond donors (Lipinski definition) is 0. The predicted molar refractivity (Wildman–Crippen MR) is 187 cm³/mol. The van der Waals surface area contributed by atoms with Crippen LogP contribution in [0.4, 0.5) is 13.2 Å². The lowest BCUT2D eigenvalue weighted by Crippen LogP contribution is -2.45. The second-order valence-electron chi connectivity index (χ2n) is 14.7. The number of fused-ring (bicyclic) bond motifs is 1. The maximum Gasteiger partial charge on any atom is 0.417 e. The summed E-state index contributed by atoms with van der Waals surface area (Å²) in [7, 11) is -3.46. The number of rotatable bonds is 11. The first-order valence-electron chi connectivity index (χ1n) is 17.9. The molecule has 9 nitrogen and oxygen atoms in total. The largest absolute Gasteiger partial charge is 0.417 e. The number of hydrogen-bond acceptors (Lipinski definition) is 7. The molecule has 49 heavy (non-hydrogen) atoms. The Hall–Kier alpha value is -2.13. The minimum absolute atomic E-state index is 0.154. The SMILES string of the molecule is CC1CC(C)CN(CCSc2cc(-c3nn(CCCN4CCC(N5CCCC5=O)CC4)c4c3CN(S(C)(=O)=O)CC4)ccc2C(F)(F)F)C1. The van der Waals surface area contributed by atoms with Crippen LogP contribution in [-0.2, 0) is 40.5 Å². The van der Waals surface area contributed by atoms with Gasteiger partial charge in [0, 0.05) is 105 Å². The first-order valence-corrected chi connectivity index (χ1v) is 20.7. The molecular formula is C35H51F3N6O3S2. The summed E-state index contributed by atoms with van der Waals surface area (Å²) in [4.78, 5) is 19.2. The highest BCUT2D eigenvalue weighted by atomic mass is 32.2. The topological polar surface area (TPSA) is 82.0 Å². The van der Waals surface area contributed by atoms with Gasteiger partial charge in [0.05, 0.1) is 17.5 Å². The molecule has 272 valence electrons. The van der Waals surface area contributed by atoms with Crippen LogP contribution in [0.25, 0.3) is 11.3 Å². The molecule has 0 radical (unpaired) electrons. The number of thioether (sulfide) groups is 1. The number of halogens is 3. The van der Waals surface area contributed by atoms with E-state index in [2.05, 4.69) is 28.5 Å². The number of carbonyl (C=O) groups excluding carboxylic acids is 1. The molecule has 2 atom stereocenters. The van der Waals surface area contributed by atoms with Crippen molar-refractivity contribution in [1.29, 1.82) is 0 Å². The van der Waals surface area contributed by atoms with Gasteiger partial charge in [-0.05, 0) is 62.6 Å². The van der Waals surface area contributed by atoms with Gasteiger partial charge in [-0.25, -0.2) is 8.42 Å². The fraction of sp³-hybridized carbons (Fsp3) is 0.714. The van der Waals surface area contributed by atoms with Gasteiger partial charge < -0.3 is 14.7 Å². The molecule has 0 bridgehead atoms. The Balaban J connectivity index is 1.18. The van der Waals surface area contributed by atoms with Crippen LogP contribution in [0.1, 0.15) is 69.2 Å². The molecule has 6 rings (SSSR count). The first-order chi connectivity index (χ1) is 23.3. The third-order valence-corrected chi connectivity index (χ3v) is 13.0. The van der Waals surface area contributed by atoms with E-state index in [1.54, 1.807) is 6.07 Å². The normalized spacial score (nSPS) is 23.8. The Kier molecular flexibility index (Phi) is 11.4. The third-order valence-electron chi connectivity index (χ3n) is 10.7. The number of alkyl halides is 3. The molecule has 2 unspecified atom stereocenters. The van der Waals surface area contributed by atoms with E-state index in [1.807, 2.05) is 4.68 Å². The Morgan fingerprint density at radius 2 is 1.69 bits per heavy atom. The van der Waals surface area contributed by atoms with Gasteiger partial charge in [-0.1, -0.05) is 19.9 Å². The molecule has 3 saturated heterocycles. The van der Waals surface area contributed by atoms with E-state index in [0.717, 1.165) is 88.8 Å². The molecule has 14 heteroatoms. The smallest absolute Gasteiger partial charge is 0.340 e. The van der Waals surface area contributed by atoms with Gasteiger partial charge in [0.15, 0.2) is 0 Å². The highest BCUT2D eigenvalue weighted by Crippen LogP contribution is 2.40. The number of sulfonamides is 1. The van der Waals surface area contributed by atoms with Crippen LogP contribution < -0.4 is 0 Å². The average Bonchev–Trinajstić information content (AvgIpc) is 3.63. The van der Waals surface area contributed by atoms with Gasteiger partial charge in [-0.2, -0.15) is 22.6 Å². The Labute approximate surface area is 293 Å². The van der Waals surface area contributed by atoms with Crippen molar-refractivity contribution >= 4 is 27.7 Å². The number of amides is 1. The quantitative estimate of drug-likeness (QED) is 0.286. The monoisotopic (exact) mass is 724 g/mol. The first kappa shape index (κ1) is 36.7. The summed E-state index contributed by atoms with van der Waals surface area (Å²) in [5, 5.41) is 4.97. The van der Waals surface area contributed by atoms with Crippen molar-refractivity contribution in [2.45, 2.75) is 89.0 Å². The van der Waals surface area contributed by atoms with E-state index in [0.29, 0.717) is 60.8 Å². The lowest BCUT2D eigenvalue weighted by molar-refractivity contribution is -0.139. The van der Waals surface area contributed by atoms with E-state index in [1.165, 1.54) is 34.8 Å². The van der Waals surface area contributed by atoms with Crippen LogP contribution in [-0.4, -0.2) is 114 Å². The molecule has 1 aromatic heterocycles. The standard InChI is InChI=1S/C35H51F3N6O3S2/c1-25-20-26(2)23-41(22-25)18-19-48-32-21-27(7-8-30(32)35(36,37)38)34-29-24-42(49(3,46)47)17-11-31(29)44(39-34)14-5-12-40-15-9-28(10-16-40)43-13-4-6-33(43)45/h7-8,21,25-26,28H,4-6,9-20,22-24H2,1-3H3. The summed E-state index contributed by atoms with van der Waals surface area (Å²) in [5.74, 6) is 1.99. The van der Waals surface area contributed by atoms with E-state index in [4.69, 9.17) is 5.10 Å². The van der Waals surface area contributed by atoms with Crippen LogP contribution >= 0.6 is 11.8 Å². The molecule has 5 heterocycles. The molecule has 3 fully saturated rings. The molecule has 2 aromatic rings. The summed E-state index contributed by atoms with van der Waals surface area (Å²) in [6.07, 6.45) is 2.83. The van der Waals surface area contributed by atoms with E-state index in [-0.39, 0.29) is 17.3 Å². The lowest BCUT2D eigenvalue weighted by Gasteiger charge is -2.36. The van der Waals surface area contributed by atoms with Crippen molar-refractivity contribution < 1.29 is 26.4 Å². The van der Waals surface area contributed by atoms with Crippen molar-refractivity contribution in [3.05, 3.63) is 35.0 Å². The molecule has 4 aliphatic heterocycles. The summed E-state index contributed by atoms with van der Waals surface area (Å²) in [5.41, 5.74) is 2.24. The maximum absolute atomic E-state index is 14.2. The minimum atomic E-state index is -4.49. The third kappa shape index (κ3) is 8.85. The highest BCUT2D eigenvalue weighted by Gasteiger charge is 2.35. The number of likely N-dealkylation sites (tertiary alicyclic amines) is 3. The van der Waals surface area contributed by atoms with Gasteiger partial charge >= 0.3 is 6.18 Å². The second-order valence-corrected chi connectivity index (χ2v) is 17.8. The summed E-state index contributed by atoms with van der Waals surface area (Å²) in [6.45, 7) is 11.9. The van der Waals surface area contributed by atoms with Gasteiger partial charge in [-0.3, -0.25) is 9.48 Å². The van der Waals surface area contributed by atoms with Crippen LogP contribution in [0, 0.1) is 11.8 Å². The molecular weight excluding hydrogens is 674 g/mol. The fourth-order valence-corrected chi connectivity index (χ4v) is 10.3. The number of aryl methyl sites for hydroxylation is 1. The molecule has 0 spiro atoms. The molecule has 0 aliphatic carbocycles. The van der Waals surface area contributed by atoms with Crippen LogP contribution in [0.15, 0.2) is 23.1 Å². The zero-order chi connectivity index (χ0) is 34.9. The molecule has 4 aliphatic rings. The minimum Gasteiger partial charge on any atom is -0.340 e. The number of nitrogens with zero attached hydrogens (tertiary/aromatic N) is 6. The van der Waals surface area contributed by atoms with Gasteiger partial charge in [0.1, 0.15) is 0 Å². The summed E-state index contributed by atoms with van der Waals surface area (Å²) >= 11 is 1.24. The van der Waals surface area contributed by atoms with E-state index < -0.39 is 21.8 Å². The number of piperidine rings is 2.